The van der Waals surface area contributed by atoms with Crippen molar-refractivity contribution in [2.45, 2.75) is 6.92 Å². The number of benzene rings is 2. The number of carbonyl (C=O) groups is 1. The first kappa shape index (κ1) is 13.7. The lowest BCUT2D eigenvalue weighted by atomic mass is 10.2. The molecule has 0 saturated carbocycles. The maximum absolute atomic E-state index is 11.8. The summed E-state index contributed by atoms with van der Waals surface area (Å²) in [5, 5.41) is 4.05. The molecule has 1 N–H and O–H groups in total. The summed E-state index contributed by atoms with van der Waals surface area (Å²) in [4.78, 5) is 11.8. The first-order valence-electron chi connectivity index (χ1n) is 6.38. The van der Waals surface area contributed by atoms with Crippen molar-refractivity contribution in [1.82, 2.24) is 5.43 Å². The monoisotopic (exact) mass is 264 g/mol. The molecule has 0 aliphatic rings. The Morgan fingerprint density at radius 3 is 2.25 bits per heavy atom. The molecule has 0 aliphatic carbocycles. The summed E-state index contributed by atoms with van der Waals surface area (Å²) in [7, 11) is 0. The van der Waals surface area contributed by atoms with Crippen LogP contribution in [0.2, 0.25) is 0 Å². The minimum Gasteiger partial charge on any atom is -0.267 e. The van der Waals surface area contributed by atoms with E-state index in [1.165, 1.54) is 0 Å². The van der Waals surface area contributed by atoms with Gasteiger partial charge in [-0.15, -0.1) is 0 Å². The van der Waals surface area contributed by atoms with Crippen LogP contribution in [0.4, 0.5) is 0 Å². The zero-order valence-corrected chi connectivity index (χ0v) is 11.3. The molecule has 0 radical (unpaired) electrons. The van der Waals surface area contributed by atoms with E-state index in [1.54, 1.807) is 12.1 Å². The summed E-state index contributed by atoms with van der Waals surface area (Å²) in [5.74, 6) is -0.210. The molecule has 1 amide bonds. The molecular formula is C17H16N2O. The van der Waals surface area contributed by atoms with Gasteiger partial charge in [0.1, 0.15) is 0 Å². The van der Waals surface area contributed by atoms with Crippen LogP contribution in [-0.4, -0.2) is 11.6 Å². The second kappa shape index (κ2) is 7.04. The van der Waals surface area contributed by atoms with Gasteiger partial charge < -0.3 is 0 Å². The molecule has 3 heteroatoms. The van der Waals surface area contributed by atoms with Crippen LogP contribution in [0.1, 0.15) is 22.8 Å². The van der Waals surface area contributed by atoms with E-state index in [1.807, 2.05) is 67.6 Å². The molecule has 3 nitrogen and oxygen atoms in total. The SMILES string of the molecule is CC(C=Cc1ccccc1)=NNC(=O)c1ccccc1. The van der Waals surface area contributed by atoms with Crippen LogP contribution < -0.4 is 5.43 Å². The maximum atomic E-state index is 11.8. The van der Waals surface area contributed by atoms with Crippen LogP contribution in [0.25, 0.3) is 6.08 Å². The standard InChI is InChI=1S/C17H16N2O/c1-14(12-13-15-8-4-2-5-9-15)18-19-17(20)16-10-6-3-7-11-16/h2-13H,1H3,(H,19,20). The fraction of sp³-hybridized carbons (Fsp3) is 0.0588. The van der Waals surface area contributed by atoms with Crippen LogP contribution >= 0.6 is 0 Å². The first-order chi connectivity index (χ1) is 9.75. The molecule has 0 atom stereocenters. The van der Waals surface area contributed by atoms with Gasteiger partial charge in [0, 0.05) is 5.56 Å². The molecular weight excluding hydrogens is 248 g/mol. The molecule has 0 fully saturated rings. The Labute approximate surface area is 118 Å². The van der Waals surface area contributed by atoms with Crippen molar-refractivity contribution in [2.75, 3.05) is 0 Å². The topological polar surface area (TPSA) is 41.5 Å². The van der Waals surface area contributed by atoms with Crippen LogP contribution in [0, 0.1) is 0 Å². The molecule has 0 unspecified atom stereocenters. The van der Waals surface area contributed by atoms with Gasteiger partial charge in [-0.1, -0.05) is 54.6 Å². The van der Waals surface area contributed by atoms with Gasteiger partial charge in [0.2, 0.25) is 0 Å². The summed E-state index contributed by atoms with van der Waals surface area (Å²) in [6.07, 6.45) is 3.81. The lowest BCUT2D eigenvalue weighted by Gasteiger charge is -1.99. The Hall–Kier alpha value is -2.68. The molecule has 0 aromatic heterocycles. The summed E-state index contributed by atoms with van der Waals surface area (Å²) < 4.78 is 0. The highest BCUT2D eigenvalue weighted by atomic mass is 16.2. The molecule has 100 valence electrons. The summed E-state index contributed by atoms with van der Waals surface area (Å²) >= 11 is 0. The maximum Gasteiger partial charge on any atom is 0.271 e. The average Bonchev–Trinajstić information content (AvgIpc) is 2.52. The highest BCUT2D eigenvalue weighted by Gasteiger charge is 2.01. The number of nitrogens with zero attached hydrogens (tertiary/aromatic N) is 1. The number of amides is 1. The normalized spacial score (nSPS) is 11.6. The van der Waals surface area contributed by atoms with E-state index in [2.05, 4.69) is 10.5 Å². The van der Waals surface area contributed by atoms with E-state index in [0.29, 0.717) is 5.56 Å². The van der Waals surface area contributed by atoms with Crippen molar-refractivity contribution >= 4 is 17.7 Å². The second-order valence-corrected chi connectivity index (χ2v) is 4.30. The number of hydrogen-bond acceptors (Lipinski definition) is 2. The van der Waals surface area contributed by atoms with Crippen molar-refractivity contribution in [3.05, 3.63) is 77.9 Å². The number of allylic oxidation sites excluding steroid dienone is 1. The lowest BCUT2D eigenvalue weighted by Crippen LogP contribution is -2.18. The van der Waals surface area contributed by atoms with Crippen molar-refractivity contribution in [1.29, 1.82) is 0 Å². The zero-order valence-electron chi connectivity index (χ0n) is 11.3. The van der Waals surface area contributed by atoms with Crippen LogP contribution in [0.15, 0.2) is 71.8 Å². The first-order valence-corrected chi connectivity index (χ1v) is 6.38. The summed E-state index contributed by atoms with van der Waals surface area (Å²) in [5.41, 5.74) is 4.95. The molecule has 20 heavy (non-hydrogen) atoms. The zero-order chi connectivity index (χ0) is 14.2. The van der Waals surface area contributed by atoms with Gasteiger partial charge in [-0.2, -0.15) is 5.10 Å². The van der Waals surface area contributed by atoms with E-state index in [-0.39, 0.29) is 5.91 Å². The number of carbonyl (C=O) groups excluding carboxylic acids is 1. The third-order valence-electron chi connectivity index (χ3n) is 2.69. The van der Waals surface area contributed by atoms with Crippen molar-refractivity contribution < 1.29 is 4.79 Å². The van der Waals surface area contributed by atoms with Crippen LogP contribution in [0.5, 0.6) is 0 Å². The van der Waals surface area contributed by atoms with E-state index in [9.17, 15) is 4.79 Å². The summed E-state index contributed by atoms with van der Waals surface area (Å²) in [6, 6.07) is 18.9. The van der Waals surface area contributed by atoms with Gasteiger partial charge in [0.15, 0.2) is 0 Å². The highest BCUT2D eigenvalue weighted by Crippen LogP contribution is 2.01. The third-order valence-corrected chi connectivity index (χ3v) is 2.69. The van der Waals surface area contributed by atoms with Gasteiger partial charge in [0.25, 0.3) is 5.91 Å². The van der Waals surface area contributed by atoms with Gasteiger partial charge >= 0.3 is 0 Å². The van der Waals surface area contributed by atoms with E-state index in [0.717, 1.165) is 11.3 Å². The van der Waals surface area contributed by atoms with E-state index in [4.69, 9.17) is 0 Å². The average molecular weight is 264 g/mol. The lowest BCUT2D eigenvalue weighted by molar-refractivity contribution is 0.0955. The molecule has 2 aromatic rings. The second-order valence-electron chi connectivity index (χ2n) is 4.30. The number of hydrogen-bond donors (Lipinski definition) is 1. The molecule has 0 spiro atoms. The molecule has 2 aromatic carbocycles. The molecule has 0 heterocycles. The van der Waals surface area contributed by atoms with Crippen molar-refractivity contribution in [2.24, 2.45) is 5.10 Å². The Balaban J connectivity index is 1.95. The van der Waals surface area contributed by atoms with E-state index >= 15 is 0 Å². The smallest absolute Gasteiger partial charge is 0.267 e. The van der Waals surface area contributed by atoms with Crippen molar-refractivity contribution in [3.63, 3.8) is 0 Å². The van der Waals surface area contributed by atoms with Gasteiger partial charge in [-0.3, -0.25) is 4.79 Å². The predicted molar refractivity (Wildman–Crippen MR) is 82.5 cm³/mol. The predicted octanol–water partition coefficient (Wildman–Crippen LogP) is 3.51. The number of hydrazone groups is 1. The van der Waals surface area contributed by atoms with Gasteiger partial charge in [0.05, 0.1) is 5.71 Å². The number of rotatable bonds is 4. The number of nitrogens with one attached hydrogen (secondary N) is 1. The van der Waals surface area contributed by atoms with Crippen molar-refractivity contribution in [3.8, 4) is 0 Å². The van der Waals surface area contributed by atoms with Gasteiger partial charge in [-0.25, -0.2) is 5.43 Å². The Kier molecular flexibility index (Phi) is 4.84. The Morgan fingerprint density at radius 2 is 1.60 bits per heavy atom. The summed E-state index contributed by atoms with van der Waals surface area (Å²) in [6.45, 7) is 1.84. The van der Waals surface area contributed by atoms with Crippen LogP contribution in [-0.2, 0) is 0 Å². The molecule has 0 bridgehead atoms. The minimum atomic E-state index is -0.210. The third kappa shape index (κ3) is 4.21. The van der Waals surface area contributed by atoms with E-state index < -0.39 is 0 Å². The Bertz CT molecular complexity index is 616. The minimum absolute atomic E-state index is 0.210. The largest absolute Gasteiger partial charge is 0.271 e. The molecule has 0 aliphatic heterocycles. The fourth-order valence-corrected chi connectivity index (χ4v) is 1.61. The molecule has 0 saturated heterocycles. The highest BCUT2D eigenvalue weighted by molar-refractivity contribution is 5.99. The quantitative estimate of drug-likeness (QED) is 0.666. The van der Waals surface area contributed by atoms with Gasteiger partial charge in [-0.05, 0) is 30.7 Å². The fourth-order valence-electron chi connectivity index (χ4n) is 1.61. The van der Waals surface area contributed by atoms with Crippen LogP contribution in [0.3, 0.4) is 0 Å². The molecule has 2 rings (SSSR count). The Morgan fingerprint density at radius 1 is 1.00 bits per heavy atom.